The normalized spacial score (nSPS) is 10.9. The Kier molecular flexibility index (Phi) is 4.15. The SMILES string of the molecule is COc1cc(C(=O)N(C)C)ncc1-c1cc2ncc(C)c(Cl)c2o1. The topological polar surface area (TPSA) is 68.5 Å². The molecule has 0 aliphatic carbocycles. The summed E-state index contributed by atoms with van der Waals surface area (Å²) in [7, 11) is 4.86. The number of ether oxygens (including phenoxy) is 1. The monoisotopic (exact) mass is 345 g/mol. The zero-order valence-electron chi connectivity index (χ0n) is 13.8. The number of fused-ring (bicyclic) bond motifs is 1. The number of nitrogens with zero attached hydrogens (tertiary/aromatic N) is 3. The van der Waals surface area contributed by atoms with Crippen molar-refractivity contribution < 1.29 is 13.9 Å². The summed E-state index contributed by atoms with van der Waals surface area (Å²) in [4.78, 5) is 22.0. The van der Waals surface area contributed by atoms with Crippen LogP contribution in [0.1, 0.15) is 16.1 Å². The largest absolute Gasteiger partial charge is 0.496 e. The van der Waals surface area contributed by atoms with Gasteiger partial charge in [0.15, 0.2) is 5.58 Å². The molecule has 24 heavy (non-hydrogen) atoms. The molecule has 0 aliphatic heterocycles. The van der Waals surface area contributed by atoms with Crippen molar-refractivity contribution in [2.24, 2.45) is 0 Å². The van der Waals surface area contributed by atoms with Crippen LogP contribution < -0.4 is 4.74 Å². The predicted molar refractivity (Wildman–Crippen MR) is 91.6 cm³/mol. The van der Waals surface area contributed by atoms with Crippen LogP contribution in [0.15, 0.2) is 28.9 Å². The second-order valence-corrected chi connectivity index (χ2v) is 5.93. The van der Waals surface area contributed by atoms with E-state index in [1.807, 2.05) is 6.92 Å². The second-order valence-electron chi connectivity index (χ2n) is 5.55. The number of hydrogen-bond acceptors (Lipinski definition) is 5. The van der Waals surface area contributed by atoms with E-state index < -0.39 is 0 Å². The van der Waals surface area contributed by atoms with E-state index in [9.17, 15) is 4.79 Å². The Hall–Kier alpha value is -2.60. The van der Waals surface area contributed by atoms with E-state index in [0.29, 0.717) is 38.9 Å². The summed E-state index contributed by atoms with van der Waals surface area (Å²) in [6.45, 7) is 1.86. The molecule has 7 heteroatoms. The van der Waals surface area contributed by atoms with E-state index in [-0.39, 0.29) is 5.91 Å². The third-order valence-electron chi connectivity index (χ3n) is 3.63. The Balaban J connectivity index is 2.12. The maximum atomic E-state index is 12.0. The Morgan fingerprint density at radius 1 is 1.25 bits per heavy atom. The molecular weight excluding hydrogens is 330 g/mol. The number of carbonyl (C=O) groups is 1. The maximum absolute atomic E-state index is 12.0. The van der Waals surface area contributed by atoms with Gasteiger partial charge in [-0.3, -0.25) is 14.8 Å². The molecule has 0 aliphatic rings. The van der Waals surface area contributed by atoms with Gasteiger partial charge in [0, 0.05) is 38.6 Å². The number of pyridine rings is 2. The Labute approximate surface area is 144 Å². The Bertz CT molecular complexity index is 934. The van der Waals surface area contributed by atoms with Gasteiger partial charge in [-0.25, -0.2) is 0 Å². The van der Waals surface area contributed by atoms with E-state index in [2.05, 4.69) is 9.97 Å². The number of rotatable bonds is 3. The lowest BCUT2D eigenvalue weighted by atomic mass is 10.1. The van der Waals surface area contributed by atoms with E-state index in [0.717, 1.165) is 5.56 Å². The van der Waals surface area contributed by atoms with Crippen molar-refractivity contribution in [3.63, 3.8) is 0 Å². The predicted octanol–water partition coefficient (Wildman–Crippen LogP) is 3.56. The molecule has 0 aromatic carbocycles. The van der Waals surface area contributed by atoms with Gasteiger partial charge < -0.3 is 14.1 Å². The molecule has 0 atom stereocenters. The van der Waals surface area contributed by atoms with Crippen LogP contribution in [0.5, 0.6) is 5.75 Å². The second kappa shape index (κ2) is 6.13. The molecule has 0 radical (unpaired) electrons. The minimum atomic E-state index is -0.204. The number of amides is 1. The third-order valence-corrected chi connectivity index (χ3v) is 4.10. The Morgan fingerprint density at radius 3 is 2.67 bits per heavy atom. The first-order valence-corrected chi connectivity index (χ1v) is 7.61. The molecule has 0 spiro atoms. The zero-order chi connectivity index (χ0) is 17.4. The van der Waals surface area contributed by atoms with Crippen LogP contribution in [0.2, 0.25) is 5.02 Å². The highest BCUT2D eigenvalue weighted by atomic mass is 35.5. The molecule has 0 saturated carbocycles. The van der Waals surface area contributed by atoms with Crippen LogP contribution in [0, 0.1) is 6.92 Å². The van der Waals surface area contributed by atoms with Crippen LogP contribution in [-0.4, -0.2) is 42.0 Å². The fraction of sp³-hybridized carbons (Fsp3) is 0.235. The summed E-state index contributed by atoms with van der Waals surface area (Å²) >= 11 is 6.27. The summed E-state index contributed by atoms with van der Waals surface area (Å²) in [6.07, 6.45) is 3.24. The average molecular weight is 346 g/mol. The van der Waals surface area contributed by atoms with Gasteiger partial charge in [0.05, 0.1) is 17.7 Å². The number of aryl methyl sites for hydroxylation is 1. The van der Waals surface area contributed by atoms with Crippen LogP contribution in [0.25, 0.3) is 22.4 Å². The lowest BCUT2D eigenvalue weighted by Gasteiger charge is -2.11. The fourth-order valence-electron chi connectivity index (χ4n) is 2.31. The molecule has 0 N–H and O–H groups in total. The van der Waals surface area contributed by atoms with Crippen molar-refractivity contribution >= 4 is 28.6 Å². The number of aromatic nitrogens is 2. The first-order valence-electron chi connectivity index (χ1n) is 7.23. The smallest absolute Gasteiger partial charge is 0.272 e. The van der Waals surface area contributed by atoms with E-state index in [1.165, 1.54) is 12.0 Å². The molecule has 0 unspecified atom stereocenters. The van der Waals surface area contributed by atoms with E-state index in [1.54, 1.807) is 38.6 Å². The van der Waals surface area contributed by atoms with Crippen molar-refractivity contribution in [1.29, 1.82) is 0 Å². The van der Waals surface area contributed by atoms with Gasteiger partial charge in [-0.05, 0) is 12.5 Å². The number of methoxy groups -OCH3 is 1. The molecule has 0 bridgehead atoms. The van der Waals surface area contributed by atoms with E-state index in [4.69, 9.17) is 20.8 Å². The highest BCUT2D eigenvalue weighted by Crippen LogP contribution is 2.36. The molecule has 6 nitrogen and oxygen atoms in total. The number of halogens is 1. The van der Waals surface area contributed by atoms with Crippen LogP contribution in [-0.2, 0) is 0 Å². The first-order chi connectivity index (χ1) is 11.4. The minimum absolute atomic E-state index is 0.204. The number of carbonyl (C=O) groups excluding carboxylic acids is 1. The standard InChI is InChI=1S/C17H16ClN3O3/c1-9-7-19-11-5-14(24-16(11)15(9)18)10-8-20-12(6-13(10)23-4)17(22)21(2)3/h5-8H,1-4H3. The molecule has 3 aromatic heterocycles. The molecule has 0 fully saturated rings. The van der Waals surface area contributed by atoms with Gasteiger partial charge in [-0.1, -0.05) is 11.6 Å². The summed E-state index contributed by atoms with van der Waals surface area (Å²) in [5, 5.41) is 0.526. The number of hydrogen-bond donors (Lipinski definition) is 0. The van der Waals surface area contributed by atoms with Crippen molar-refractivity contribution in [1.82, 2.24) is 14.9 Å². The fourth-order valence-corrected chi connectivity index (χ4v) is 2.49. The minimum Gasteiger partial charge on any atom is -0.496 e. The molecule has 1 amide bonds. The van der Waals surface area contributed by atoms with Gasteiger partial charge in [0.2, 0.25) is 0 Å². The first kappa shape index (κ1) is 16.3. The van der Waals surface area contributed by atoms with Gasteiger partial charge >= 0.3 is 0 Å². The van der Waals surface area contributed by atoms with Crippen LogP contribution in [0.3, 0.4) is 0 Å². The summed E-state index contributed by atoms with van der Waals surface area (Å²) in [5.74, 6) is 0.810. The summed E-state index contributed by atoms with van der Waals surface area (Å²) in [6, 6.07) is 3.36. The molecule has 3 heterocycles. The van der Waals surface area contributed by atoms with Crippen molar-refractivity contribution in [3.05, 3.63) is 40.8 Å². The van der Waals surface area contributed by atoms with Gasteiger partial charge in [-0.15, -0.1) is 0 Å². The highest BCUT2D eigenvalue weighted by molar-refractivity contribution is 6.35. The summed E-state index contributed by atoms with van der Waals surface area (Å²) < 4.78 is 11.2. The average Bonchev–Trinajstić information content (AvgIpc) is 3.01. The van der Waals surface area contributed by atoms with Crippen molar-refractivity contribution in [3.8, 4) is 17.1 Å². The third kappa shape index (κ3) is 2.69. The molecule has 124 valence electrons. The van der Waals surface area contributed by atoms with Crippen molar-refractivity contribution in [2.75, 3.05) is 21.2 Å². The van der Waals surface area contributed by atoms with E-state index >= 15 is 0 Å². The van der Waals surface area contributed by atoms with Crippen molar-refractivity contribution in [2.45, 2.75) is 6.92 Å². The zero-order valence-corrected chi connectivity index (χ0v) is 14.5. The maximum Gasteiger partial charge on any atom is 0.272 e. The molecule has 3 aromatic rings. The van der Waals surface area contributed by atoms with Crippen LogP contribution in [0.4, 0.5) is 0 Å². The lowest BCUT2D eigenvalue weighted by Crippen LogP contribution is -2.22. The van der Waals surface area contributed by atoms with Crippen LogP contribution >= 0.6 is 11.6 Å². The Morgan fingerprint density at radius 2 is 2.00 bits per heavy atom. The highest BCUT2D eigenvalue weighted by Gasteiger charge is 2.18. The molecular formula is C17H16ClN3O3. The van der Waals surface area contributed by atoms with Gasteiger partial charge in [0.1, 0.15) is 22.7 Å². The van der Waals surface area contributed by atoms with Gasteiger partial charge in [0.25, 0.3) is 5.91 Å². The summed E-state index contributed by atoms with van der Waals surface area (Å²) in [5.41, 5.74) is 2.92. The quantitative estimate of drug-likeness (QED) is 0.726. The lowest BCUT2D eigenvalue weighted by molar-refractivity contribution is 0.0821. The van der Waals surface area contributed by atoms with Gasteiger partial charge in [-0.2, -0.15) is 0 Å². The molecule has 0 saturated heterocycles. The number of furan rings is 1. The molecule has 3 rings (SSSR count).